The number of aromatic nitrogens is 2. The van der Waals surface area contributed by atoms with Crippen molar-refractivity contribution in [3.8, 4) is 11.5 Å². The minimum Gasteiger partial charge on any atom is -0.457 e. The fourth-order valence-corrected chi connectivity index (χ4v) is 2.08. The summed E-state index contributed by atoms with van der Waals surface area (Å²) in [5, 5.41) is 4.58. The normalized spacial score (nSPS) is 10.6. The minimum atomic E-state index is 0.568. The monoisotopic (exact) mass is 300 g/mol. The van der Waals surface area contributed by atoms with Crippen molar-refractivity contribution < 1.29 is 9.26 Å². The van der Waals surface area contributed by atoms with E-state index in [2.05, 4.69) is 10.1 Å². The largest absolute Gasteiger partial charge is 0.457 e. The molecule has 4 nitrogen and oxygen atoms in total. The molecule has 3 rings (SSSR count). The molecular weight excluding hydrogens is 288 g/mol. The second-order valence-electron chi connectivity index (χ2n) is 4.61. The fraction of sp³-hybridized carbons (Fsp3) is 0.125. The molecule has 1 heterocycles. The summed E-state index contributed by atoms with van der Waals surface area (Å²) in [5.74, 6) is 2.73. The third kappa shape index (κ3) is 3.61. The molecule has 3 aromatic rings. The molecule has 0 amide bonds. The molecule has 0 aliphatic heterocycles. The smallest absolute Gasteiger partial charge is 0.223 e. The van der Waals surface area contributed by atoms with Crippen molar-refractivity contribution in [1.82, 2.24) is 10.1 Å². The van der Waals surface area contributed by atoms with Crippen LogP contribution >= 0.6 is 11.6 Å². The predicted molar refractivity (Wildman–Crippen MR) is 79.8 cm³/mol. The Morgan fingerprint density at radius 3 is 2.62 bits per heavy atom. The van der Waals surface area contributed by atoms with Gasteiger partial charge in [-0.1, -0.05) is 28.9 Å². The van der Waals surface area contributed by atoms with Crippen molar-refractivity contribution in [3.63, 3.8) is 0 Å². The molecule has 0 unspecified atom stereocenters. The predicted octanol–water partition coefficient (Wildman–Crippen LogP) is 4.41. The van der Waals surface area contributed by atoms with Crippen LogP contribution in [0.25, 0.3) is 0 Å². The van der Waals surface area contributed by atoms with E-state index in [-0.39, 0.29) is 0 Å². The summed E-state index contributed by atoms with van der Waals surface area (Å²) in [6.07, 6.45) is 0.606. The second-order valence-corrected chi connectivity index (χ2v) is 5.05. The maximum Gasteiger partial charge on any atom is 0.223 e. The highest BCUT2D eigenvalue weighted by molar-refractivity contribution is 6.30. The molecule has 0 N–H and O–H groups in total. The SMILES string of the molecule is Cc1nc(Cc2cccc(Oc3ccc(Cl)cc3)c2)no1. The van der Waals surface area contributed by atoms with Gasteiger partial charge < -0.3 is 9.26 Å². The summed E-state index contributed by atoms with van der Waals surface area (Å²) in [6.45, 7) is 1.77. The van der Waals surface area contributed by atoms with Crippen molar-refractivity contribution in [3.05, 3.63) is 70.8 Å². The maximum absolute atomic E-state index is 5.85. The lowest BCUT2D eigenvalue weighted by atomic mass is 10.1. The van der Waals surface area contributed by atoms with E-state index < -0.39 is 0 Å². The number of halogens is 1. The zero-order valence-electron chi connectivity index (χ0n) is 11.4. The van der Waals surface area contributed by atoms with Crippen LogP contribution in [0, 0.1) is 6.92 Å². The number of aryl methyl sites for hydroxylation is 1. The van der Waals surface area contributed by atoms with E-state index in [0.29, 0.717) is 23.2 Å². The molecular formula is C16H13ClN2O2. The summed E-state index contributed by atoms with van der Waals surface area (Å²) < 4.78 is 10.8. The Hall–Kier alpha value is -2.33. The Morgan fingerprint density at radius 1 is 1.10 bits per heavy atom. The van der Waals surface area contributed by atoms with E-state index >= 15 is 0 Å². The third-order valence-corrected chi connectivity index (χ3v) is 3.13. The summed E-state index contributed by atoms with van der Waals surface area (Å²) in [5.41, 5.74) is 1.06. The first-order valence-corrected chi connectivity index (χ1v) is 6.88. The molecule has 5 heteroatoms. The fourth-order valence-electron chi connectivity index (χ4n) is 1.95. The van der Waals surface area contributed by atoms with Crippen LogP contribution in [0.15, 0.2) is 53.1 Å². The highest BCUT2D eigenvalue weighted by atomic mass is 35.5. The van der Waals surface area contributed by atoms with Crippen molar-refractivity contribution in [2.24, 2.45) is 0 Å². The lowest BCUT2D eigenvalue weighted by molar-refractivity contribution is 0.388. The van der Waals surface area contributed by atoms with E-state index in [1.54, 1.807) is 19.1 Å². The Morgan fingerprint density at radius 2 is 1.90 bits per heavy atom. The lowest BCUT2D eigenvalue weighted by Gasteiger charge is -2.07. The first-order valence-electron chi connectivity index (χ1n) is 6.50. The van der Waals surface area contributed by atoms with Gasteiger partial charge in [0.1, 0.15) is 11.5 Å². The van der Waals surface area contributed by atoms with Gasteiger partial charge in [0.05, 0.1) is 0 Å². The zero-order valence-corrected chi connectivity index (χ0v) is 12.2. The average molecular weight is 301 g/mol. The quantitative estimate of drug-likeness (QED) is 0.716. The highest BCUT2D eigenvalue weighted by Crippen LogP contribution is 2.24. The van der Waals surface area contributed by atoms with Crippen molar-refractivity contribution in [1.29, 1.82) is 0 Å². The van der Waals surface area contributed by atoms with Crippen molar-refractivity contribution >= 4 is 11.6 Å². The van der Waals surface area contributed by atoms with Crippen LogP contribution in [-0.2, 0) is 6.42 Å². The number of hydrogen-bond acceptors (Lipinski definition) is 4. The van der Waals surface area contributed by atoms with Crippen LogP contribution in [0.5, 0.6) is 11.5 Å². The van der Waals surface area contributed by atoms with Gasteiger partial charge >= 0.3 is 0 Å². The van der Waals surface area contributed by atoms with Crippen LogP contribution in [0.3, 0.4) is 0 Å². The van der Waals surface area contributed by atoms with Gasteiger partial charge in [0.2, 0.25) is 5.89 Å². The molecule has 0 aliphatic rings. The third-order valence-electron chi connectivity index (χ3n) is 2.88. The molecule has 0 fully saturated rings. The molecule has 106 valence electrons. The van der Waals surface area contributed by atoms with Gasteiger partial charge in [-0.15, -0.1) is 0 Å². The van der Waals surface area contributed by atoms with Gasteiger partial charge in [-0.2, -0.15) is 4.98 Å². The van der Waals surface area contributed by atoms with Crippen LogP contribution < -0.4 is 4.74 Å². The van der Waals surface area contributed by atoms with E-state index in [1.165, 1.54) is 0 Å². The van der Waals surface area contributed by atoms with Crippen molar-refractivity contribution in [2.75, 3.05) is 0 Å². The van der Waals surface area contributed by atoms with Crippen LogP contribution in [0.1, 0.15) is 17.3 Å². The maximum atomic E-state index is 5.85. The van der Waals surface area contributed by atoms with Crippen LogP contribution in [-0.4, -0.2) is 10.1 Å². The summed E-state index contributed by atoms with van der Waals surface area (Å²) in [7, 11) is 0. The first kappa shape index (κ1) is 13.6. The Balaban J connectivity index is 1.75. The summed E-state index contributed by atoms with van der Waals surface area (Å²) >= 11 is 5.85. The van der Waals surface area contributed by atoms with Gasteiger partial charge in [-0.25, -0.2) is 0 Å². The lowest BCUT2D eigenvalue weighted by Crippen LogP contribution is -1.92. The molecule has 0 spiro atoms. The molecule has 1 aromatic heterocycles. The van der Waals surface area contributed by atoms with Gasteiger partial charge in [0.15, 0.2) is 5.82 Å². The van der Waals surface area contributed by atoms with Crippen molar-refractivity contribution in [2.45, 2.75) is 13.3 Å². The Bertz CT molecular complexity index is 738. The summed E-state index contributed by atoms with van der Waals surface area (Å²) in [6, 6.07) is 15.1. The Labute approximate surface area is 127 Å². The molecule has 0 saturated carbocycles. The highest BCUT2D eigenvalue weighted by Gasteiger charge is 2.05. The zero-order chi connectivity index (χ0) is 14.7. The van der Waals surface area contributed by atoms with E-state index in [9.17, 15) is 0 Å². The molecule has 0 aliphatic carbocycles. The molecule has 2 aromatic carbocycles. The van der Waals surface area contributed by atoms with Gasteiger partial charge in [-0.3, -0.25) is 0 Å². The first-order chi connectivity index (χ1) is 10.2. The van der Waals surface area contributed by atoms with Gasteiger partial charge in [-0.05, 0) is 42.0 Å². The number of nitrogens with zero attached hydrogens (tertiary/aromatic N) is 2. The molecule has 0 saturated heterocycles. The van der Waals surface area contributed by atoms with E-state index in [1.807, 2.05) is 36.4 Å². The standard InChI is InChI=1S/C16H13ClN2O2/c1-11-18-16(19-21-11)10-12-3-2-4-15(9-12)20-14-7-5-13(17)6-8-14/h2-9H,10H2,1H3. The molecule has 0 atom stereocenters. The van der Waals surface area contributed by atoms with E-state index in [4.69, 9.17) is 20.9 Å². The molecule has 0 radical (unpaired) electrons. The topological polar surface area (TPSA) is 48.2 Å². The number of hydrogen-bond donors (Lipinski definition) is 0. The Kier molecular flexibility index (Phi) is 3.88. The van der Waals surface area contributed by atoms with Crippen LogP contribution in [0.2, 0.25) is 5.02 Å². The average Bonchev–Trinajstić information content (AvgIpc) is 2.87. The number of ether oxygens (including phenoxy) is 1. The van der Waals surface area contributed by atoms with Gasteiger partial charge in [0.25, 0.3) is 0 Å². The molecule has 21 heavy (non-hydrogen) atoms. The number of benzene rings is 2. The molecule has 0 bridgehead atoms. The number of rotatable bonds is 4. The summed E-state index contributed by atoms with van der Waals surface area (Å²) in [4.78, 5) is 4.20. The van der Waals surface area contributed by atoms with Gasteiger partial charge in [0, 0.05) is 18.4 Å². The van der Waals surface area contributed by atoms with E-state index in [0.717, 1.165) is 17.1 Å². The minimum absolute atomic E-state index is 0.568. The van der Waals surface area contributed by atoms with Crippen LogP contribution in [0.4, 0.5) is 0 Å². The second kappa shape index (κ2) is 5.97.